The minimum Gasteiger partial charge on any atom is -0.466 e. The van der Waals surface area contributed by atoms with Crippen LogP contribution < -0.4 is 0 Å². The predicted molar refractivity (Wildman–Crippen MR) is 41.5 cm³/mol. The third-order valence-corrected chi connectivity index (χ3v) is 0.700. The standard InChI is InChI=1S/C6H11O2.BrH.Zn/c1-3-4-5-8-6(2)7;;/h1,3-5H2,2H3;1H;/q-1;;. The van der Waals surface area contributed by atoms with E-state index >= 15 is 0 Å². The molecule has 0 atom stereocenters. The van der Waals surface area contributed by atoms with Gasteiger partial charge in [0.15, 0.2) is 0 Å². The minimum atomic E-state index is -0.210. The Balaban J connectivity index is -0.000000245. The van der Waals surface area contributed by atoms with E-state index in [2.05, 4.69) is 11.7 Å². The van der Waals surface area contributed by atoms with Crippen LogP contribution in [-0.4, -0.2) is 12.6 Å². The van der Waals surface area contributed by atoms with Crippen molar-refractivity contribution in [1.29, 1.82) is 0 Å². The van der Waals surface area contributed by atoms with Crippen LogP contribution in [0.5, 0.6) is 0 Å². The van der Waals surface area contributed by atoms with Crippen molar-refractivity contribution < 1.29 is 29.0 Å². The van der Waals surface area contributed by atoms with E-state index in [1.165, 1.54) is 6.92 Å². The number of carbonyl (C=O) groups excluding carboxylic acids is 1. The molecule has 0 rings (SSSR count). The molecular formula is C6H12BrO2Zn-. The van der Waals surface area contributed by atoms with E-state index in [0.717, 1.165) is 12.8 Å². The number of unbranched alkanes of at least 4 members (excludes halogenated alkanes) is 1. The van der Waals surface area contributed by atoms with Crippen LogP contribution in [0.15, 0.2) is 0 Å². The van der Waals surface area contributed by atoms with Gasteiger partial charge in [-0.3, -0.25) is 4.79 Å². The first kappa shape index (κ1) is 16.9. The molecule has 0 aliphatic heterocycles. The van der Waals surface area contributed by atoms with E-state index in [1.807, 2.05) is 0 Å². The second-order valence-electron chi connectivity index (χ2n) is 1.55. The molecule has 0 amide bonds. The van der Waals surface area contributed by atoms with Crippen molar-refractivity contribution in [1.82, 2.24) is 0 Å². The first-order chi connectivity index (χ1) is 3.77. The van der Waals surface area contributed by atoms with Crippen LogP contribution in [0.3, 0.4) is 0 Å². The van der Waals surface area contributed by atoms with E-state index < -0.39 is 0 Å². The van der Waals surface area contributed by atoms with E-state index in [-0.39, 0.29) is 42.4 Å². The third-order valence-electron chi connectivity index (χ3n) is 0.700. The number of hydrogen-bond acceptors (Lipinski definition) is 2. The van der Waals surface area contributed by atoms with Gasteiger partial charge in [-0.2, -0.15) is 6.42 Å². The molecule has 0 aromatic heterocycles. The number of ether oxygens (including phenoxy) is 1. The second-order valence-corrected chi connectivity index (χ2v) is 1.55. The molecule has 0 fully saturated rings. The van der Waals surface area contributed by atoms with Gasteiger partial charge in [-0.05, 0) is 6.42 Å². The van der Waals surface area contributed by atoms with E-state index in [9.17, 15) is 4.79 Å². The second kappa shape index (κ2) is 12.3. The fourth-order valence-electron chi connectivity index (χ4n) is 0.318. The normalized spacial score (nSPS) is 7.00. The molecule has 0 unspecified atom stereocenters. The van der Waals surface area contributed by atoms with Crippen molar-refractivity contribution >= 4 is 23.0 Å². The van der Waals surface area contributed by atoms with Gasteiger partial charge in [-0.25, -0.2) is 0 Å². The maximum Gasteiger partial charge on any atom is 0.302 e. The van der Waals surface area contributed by atoms with Crippen LogP contribution in [0.4, 0.5) is 0 Å². The molecule has 0 N–H and O–H groups in total. The van der Waals surface area contributed by atoms with Crippen LogP contribution in [0, 0.1) is 6.92 Å². The van der Waals surface area contributed by atoms with Gasteiger partial charge in [0, 0.05) is 26.4 Å². The first-order valence-corrected chi connectivity index (χ1v) is 2.70. The Kier molecular flexibility index (Phi) is 20.7. The molecule has 0 spiro atoms. The summed E-state index contributed by atoms with van der Waals surface area (Å²) in [5, 5.41) is 0. The molecule has 0 saturated heterocycles. The van der Waals surface area contributed by atoms with Crippen LogP contribution in [0.25, 0.3) is 0 Å². The van der Waals surface area contributed by atoms with Crippen molar-refractivity contribution in [3.8, 4) is 0 Å². The quantitative estimate of drug-likeness (QED) is 0.335. The zero-order chi connectivity index (χ0) is 6.41. The van der Waals surface area contributed by atoms with Gasteiger partial charge >= 0.3 is 5.97 Å². The number of halogens is 1. The largest absolute Gasteiger partial charge is 0.466 e. The maximum atomic E-state index is 10.1. The Morgan fingerprint density at radius 1 is 1.60 bits per heavy atom. The molecular weight excluding hydrogens is 249 g/mol. The summed E-state index contributed by atoms with van der Waals surface area (Å²) in [5.41, 5.74) is 0. The van der Waals surface area contributed by atoms with Gasteiger partial charge in [0.05, 0.1) is 6.61 Å². The summed E-state index contributed by atoms with van der Waals surface area (Å²) >= 11 is 0. The Morgan fingerprint density at radius 3 is 2.40 bits per heavy atom. The molecule has 10 heavy (non-hydrogen) atoms. The number of rotatable bonds is 3. The Labute approximate surface area is 85.2 Å². The number of carbonyl (C=O) groups is 1. The predicted octanol–water partition coefficient (Wildman–Crippen LogP) is 1.74. The summed E-state index contributed by atoms with van der Waals surface area (Å²) in [5.74, 6) is -0.210. The number of hydrogen-bond donors (Lipinski definition) is 0. The summed E-state index contributed by atoms with van der Waals surface area (Å²) in [6, 6.07) is 0. The van der Waals surface area contributed by atoms with Crippen molar-refractivity contribution in [3.63, 3.8) is 0 Å². The summed E-state index contributed by atoms with van der Waals surface area (Å²) in [6.45, 7) is 5.51. The molecule has 2 nitrogen and oxygen atoms in total. The van der Waals surface area contributed by atoms with Crippen LogP contribution in [0.1, 0.15) is 19.8 Å². The molecule has 0 saturated carbocycles. The molecule has 0 aliphatic carbocycles. The fourth-order valence-corrected chi connectivity index (χ4v) is 0.318. The molecule has 0 aromatic carbocycles. The van der Waals surface area contributed by atoms with Gasteiger partial charge in [0.2, 0.25) is 0 Å². The number of esters is 1. The van der Waals surface area contributed by atoms with E-state index in [4.69, 9.17) is 0 Å². The zero-order valence-electron chi connectivity index (χ0n) is 6.26. The fraction of sp³-hybridized carbons (Fsp3) is 0.667. The molecule has 58 valence electrons. The monoisotopic (exact) mass is 259 g/mol. The van der Waals surface area contributed by atoms with Crippen LogP contribution in [-0.2, 0) is 29.0 Å². The average molecular weight is 261 g/mol. The van der Waals surface area contributed by atoms with Gasteiger partial charge in [0.25, 0.3) is 0 Å². The van der Waals surface area contributed by atoms with Crippen molar-refractivity contribution in [2.75, 3.05) is 6.61 Å². The van der Waals surface area contributed by atoms with Crippen LogP contribution in [0.2, 0.25) is 0 Å². The minimum absolute atomic E-state index is 0. The molecule has 0 bridgehead atoms. The van der Waals surface area contributed by atoms with Gasteiger partial charge in [-0.15, -0.1) is 17.0 Å². The topological polar surface area (TPSA) is 26.3 Å². The molecule has 0 aromatic rings. The van der Waals surface area contributed by atoms with Gasteiger partial charge in [0.1, 0.15) is 0 Å². The molecule has 0 aliphatic rings. The molecule has 4 heteroatoms. The first-order valence-electron chi connectivity index (χ1n) is 2.70. The smallest absolute Gasteiger partial charge is 0.302 e. The van der Waals surface area contributed by atoms with Crippen LogP contribution >= 0.6 is 17.0 Å². The van der Waals surface area contributed by atoms with Gasteiger partial charge < -0.3 is 11.7 Å². The van der Waals surface area contributed by atoms with Gasteiger partial charge in [-0.1, -0.05) is 0 Å². The summed E-state index contributed by atoms with van der Waals surface area (Å²) < 4.78 is 4.60. The van der Waals surface area contributed by atoms with Crippen molar-refractivity contribution in [2.45, 2.75) is 19.8 Å². The SMILES string of the molecule is Br.[CH2-]CCCOC(C)=O.[Zn]. The van der Waals surface area contributed by atoms with Crippen molar-refractivity contribution in [2.24, 2.45) is 0 Å². The van der Waals surface area contributed by atoms with E-state index in [1.54, 1.807) is 0 Å². The Morgan fingerprint density at radius 2 is 2.10 bits per heavy atom. The summed E-state index contributed by atoms with van der Waals surface area (Å²) in [7, 11) is 0. The average Bonchev–Trinajstić information content (AvgIpc) is 1.66. The molecule has 0 radical (unpaired) electrons. The third kappa shape index (κ3) is 15.8. The zero-order valence-corrected chi connectivity index (χ0v) is 10.9. The Hall–Kier alpha value is 0.573. The van der Waals surface area contributed by atoms with E-state index in [0.29, 0.717) is 6.61 Å². The molecule has 0 heterocycles. The van der Waals surface area contributed by atoms with Crippen molar-refractivity contribution in [3.05, 3.63) is 6.92 Å². The summed E-state index contributed by atoms with van der Waals surface area (Å²) in [4.78, 5) is 10.1. The Bertz CT molecular complexity index is 78.1. The maximum absolute atomic E-state index is 10.1. The summed E-state index contributed by atoms with van der Waals surface area (Å²) in [6.07, 6.45) is 1.69.